The molecule has 0 aliphatic heterocycles. The summed E-state index contributed by atoms with van der Waals surface area (Å²) in [6, 6.07) is -0.884. The van der Waals surface area contributed by atoms with Crippen molar-refractivity contribution in [2.45, 2.75) is 76.5 Å². The van der Waals surface area contributed by atoms with Crippen LogP contribution in [0.15, 0.2) is 12.2 Å². The van der Waals surface area contributed by atoms with E-state index in [1.54, 1.807) is 0 Å². The molecule has 0 aromatic rings. The summed E-state index contributed by atoms with van der Waals surface area (Å²) >= 11 is 0. The maximum absolute atomic E-state index is 12.1. The largest absolute Gasteiger partial charge is 0.478 e. The van der Waals surface area contributed by atoms with Crippen LogP contribution in [0.4, 0.5) is 0 Å². The molecule has 0 spiro atoms. The van der Waals surface area contributed by atoms with Crippen LogP contribution >= 0.6 is 0 Å². The standard InChI is InChI=1S/C19H34N2O7S/c1-2-3-11-20-29(27,28)13-16(22)19(26)15(12-14-7-5-4-6-8-14)21-17(23)9-10-18(24)25/h9-10,14-16,19-20,22,26H,2-8,11-13H2,1H3,(H,21,23)(H,24,25)/t15-,16-,19+/m0/s1. The van der Waals surface area contributed by atoms with E-state index in [-0.39, 0.29) is 12.5 Å². The molecule has 0 bridgehead atoms. The van der Waals surface area contributed by atoms with Gasteiger partial charge in [-0.25, -0.2) is 17.9 Å². The lowest BCUT2D eigenvalue weighted by atomic mass is 9.83. The quantitative estimate of drug-likeness (QED) is 0.209. The van der Waals surface area contributed by atoms with Crippen LogP contribution in [0.2, 0.25) is 0 Å². The van der Waals surface area contributed by atoms with Gasteiger partial charge >= 0.3 is 5.97 Å². The van der Waals surface area contributed by atoms with Gasteiger partial charge in [0, 0.05) is 18.7 Å². The molecular formula is C19H34N2O7S. The normalized spacial score (nSPS) is 19.0. The SMILES string of the molecule is CCCCNS(=O)(=O)C[C@H](O)[C@H](O)[C@H](CC1CCCCC1)NC(=O)C=CC(=O)O. The van der Waals surface area contributed by atoms with E-state index < -0.39 is 45.9 Å². The number of unbranched alkanes of at least 4 members (excludes halogenated alkanes) is 1. The summed E-state index contributed by atoms with van der Waals surface area (Å²) in [5, 5.41) is 32.0. The van der Waals surface area contributed by atoms with E-state index in [9.17, 15) is 28.2 Å². The van der Waals surface area contributed by atoms with Crippen molar-refractivity contribution in [3.8, 4) is 0 Å². The number of rotatable bonds is 13. The third-order valence-electron chi connectivity index (χ3n) is 5.07. The summed E-state index contributed by atoms with van der Waals surface area (Å²) < 4.78 is 26.5. The highest BCUT2D eigenvalue weighted by atomic mass is 32.2. The molecule has 1 aliphatic rings. The molecule has 168 valence electrons. The minimum atomic E-state index is -3.78. The molecule has 0 aromatic heterocycles. The average molecular weight is 435 g/mol. The van der Waals surface area contributed by atoms with E-state index in [0.717, 1.165) is 44.6 Å². The molecule has 1 amide bonds. The van der Waals surface area contributed by atoms with Crippen LogP contribution in [-0.4, -0.2) is 66.2 Å². The smallest absolute Gasteiger partial charge is 0.328 e. The predicted molar refractivity (Wildman–Crippen MR) is 109 cm³/mol. The van der Waals surface area contributed by atoms with Gasteiger partial charge in [0.15, 0.2) is 0 Å². The van der Waals surface area contributed by atoms with Gasteiger partial charge in [-0.15, -0.1) is 0 Å². The highest BCUT2D eigenvalue weighted by Gasteiger charge is 2.32. The minimum Gasteiger partial charge on any atom is -0.478 e. The van der Waals surface area contributed by atoms with Gasteiger partial charge in [0.1, 0.15) is 6.10 Å². The molecule has 5 N–H and O–H groups in total. The van der Waals surface area contributed by atoms with Crippen LogP contribution in [-0.2, 0) is 19.6 Å². The number of aliphatic carboxylic acids is 1. The second-order valence-electron chi connectivity index (χ2n) is 7.61. The van der Waals surface area contributed by atoms with E-state index >= 15 is 0 Å². The summed E-state index contributed by atoms with van der Waals surface area (Å²) in [5.74, 6) is -2.45. The number of hydrogen-bond donors (Lipinski definition) is 5. The molecule has 0 radical (unpaired) electrons. The number of carboxylic acid groups (broad SMARTS) is 1. The Morgan fingerprint density at radius 2 is 1.79 bits per heavy atom. The molecular weight excluding hydrogens is 400 g/mol. The van der Waals surface area contributed by atoms with Gasteiger partial charge in [0.25, 0.3) is 0 Å². The van der Waals surface area contributed by atoms with Crippen molar-refractivity contribution in [2.75, 3.05) is 12.3 Å². The predicted octanol–water partition coefficient (Wildman–Crippen LogP) is 0.524. The molecule has 10 heteroatoms. The maximum Gasteiger partial charge on any atom is 0.328 e. The van der Waals surface area contributed by atoms with Crippen molar-refractivity contribution in [3.63, 3.8) is 0 Å². The fraction of sp³-hybridized carbons (Fsp3) is 0.789. The van der Waals surface area contributed by atoms with Gasteiger partial charge in [-0.1, -0.05) is 45.4 Å². The molecule has 0 unspecified atom stereocenters. The van der Waals surface area contributed by atoms with Gasteiger partial charge in [-0.2, -0.15) is 0 Å². The molecule has 3 atom stereocenters. The van der Waals surface area contributed by atoms with Crippen LogP contribution in [0.1, 0.15) is 58.3 Å². The Morgan fingerprint density at radius 3 is 2.38 bits per heavy atom. The highest BCUT2D eigenvalue weighted by Crippen LogP contribution is 2.28. The number of carbonyl (C=O) groups excluding carboxylic acids is 1. The van der Waals surface area contributed by atoms with Crippen molar-refractivity contribution in [3.05, 3.63) is 12.2 Å². The minimum absolute atomic E-state index is 0.235. The monoisotopic (exact) mass is 434 g/mol. The van der Waals surface area contributed by atoms with Crippen LogP contribution in [0.3, 0.4) is 0 Å². The average Bonchev–Trinajstić information content (AvgIpc) is 2.65. The zero-order chi connectivity index (χ0) is 21.9. The second kappa shape index (κ2) is 12.9. The lowest BCUT2D eigenvalue weighted by molar-refractivity contribution is -0.131. The highest BCUT2D eigenvalue weighted by molar-refractivity contribution is 7.89. The number of aliphatic hydroxyl groups excluding tert-OH is 2. The first-order valence-corrected chi connectivity index (χ1v) is 11.8. The molecule has 0 saturated heterocycles. The molecule has 1 aliphatic carbocycles. The number of carboxylic acids is 1. The Bertz CT molecular complexity index is 645. The van der Waals surface area contributed by atoms with Crippen molar-refractivity contribution >= 4 is 21.9 Å². The van der Waals surface area contributed by atoms with Crippen LogP contribution in [0.25, 0.3) is 0 Å². The van der Waals surface area contributed by atoms with Crippen molar-refractivity contribution in [1.82, 2.24) is 10.0 Å². The summed E-state index contributed by atoms with van der Waals surface area (Å²) in [7, 11) is -3.78. The molecule has 29 heavy (non-hydrogen) atoms. The summed E-state index contributed by atoms with van der Waals surface area (Å²) in [6.45, 7) is 2.17. The van der Waals surface area contributed by atoms with Gasteiger partial charge in [-0.05, 0) is 18.8 Å². The van der Waals surface area contributed by atoms with E-state index in [1.807, 2.05) is 6.92 Å². The topological polar surface area (TPSA) is 153 Å². The fourth-order valence-corrected chi connectivity index (χ4v) is 4.72. The number of amides is 1. The first-order valence-electron chi connectivity index (χ1n) is 10.2. The third-order valence-corrected chi connectivity index (χ3v) is 6.49. The van der Waals surface area contributed by atoms with E-state index in [2.05, 4.69) is 10.0 Å². The van der Waals surface area contributed by atoms with Crippen molar-refractivity contribution in [2.24, 2.45) is 5.92 Å². The first kappa shape index (κ1) is 25.5. The fourth-order valence-electron chi connectivity index (χ4n) is 3.50. The molecule has 0 aromatic carbocycles. The van der Waals surface area contributed by atoms with E-state index in [1.165, 1.54) is 0 Å². The lowest BCUT2D eigenvalue weighted by Gasteiger charge is -2.32. The van der Waals surface area contributed by atoms with Crippen LogP contribution in [0, 0.1) is 5.92 Å². The zero-order valence-electron chi connectivity index (χ0n) is 16.9. The Balaban J connectivity index is 2.79. The van der Waals surface area contributed by atoms with Gasteiger partial charge in [0.05, 0.1) is 17.9 Å². The number of aliphatic hydroxyl groups is 2. The molecule has 0 heterocycles. The summed E-state index contributed by atoms with van der Waals surface area (Å²) in [4.78, 5) is 22.6. The Hall–Kier alpha value is -1.49. The van der Waals surface area contributed by atoms with E-state index in [4.69, 9.17) is 5.11 Å². The number of hydrogen-bond acceptors (Lipinski definition) is 6. The van der Waals surface area contributed by atoms with Crippen molar-refractivity contribution < 1.29 is 33.3 Å². The molecule has 9 nitrogen and oxygen atoms in total. The number of sulfonamides is 1. The first-order chi connectivity index (χ1) is 13.6. The van der Waals surface area contributed by atoms with Gasteiger partial charge in [0.2, 0.25) is 15.9 Å². The second-order valence-corrected chi connectivity index (χ2v) is 9.47. The lowest BCUT2D eigenvalue weighted by Crippen LogP contribution is -2.51. The van der Waals surface area contributed by atoms with Crippen molar-refractivity contribution in [1.29, 1.82) is 0 Å². The van der Waals surface area contributed by atoms with Gasteiger partial charge < -0.3 is 20.6 Å². The number of carbonyl (C=O) groups is 2. The zero-order valence-corrected chi connectivity index (χ0v) is 17.7. The number of nitrogens with one attached hydrogen (secondary N) is 2. The third kappa shape index (κ3) is 10.7. The summed E-state index contributed by atoms with van der Waals surface area (Å²) in [6.07, 6.45) is 5.34. The summed E-state index contributed by atoms with van der Waals surface area (Å²) in [5.41, 5.74) is 0. The molecule has 1 rings (SSSR count). The Kier molecular flexibility index (Phi) is 11.4. The van der Waals surface area contributed by atoms with E-state index in [0.29, 0.717) is 18.9 Å². The van der Waals surface area contributed by atoms with Crippen LogP contribution < -0.4 is 10.0 Å². The molecule has 1 fully saturated rings. The maximum atomic E-state index is 12.1. The van der Waals surface area contributed by atoms with Gasteiger partial charge in [-0.3, -0.25) is 4.79 Å². The Morgan fingerprint density at radius 1 is 1.14 bits per heavy atom. The Labute approximate surface area is 172 Å². The van der Waals surface area contributed by atoms with Crippen LogP contribution in [0.5, 0.6) is 0 Å². The molecule has 1 saturated carbocycles.